The molecule has 0 aliphatic heterocycles. The number of ether oxygens (including phenoxy) is 1. The fourth-order valence-corrected chi connectivity index (χ4v) is 3.10. The molecular weight excluding hydrogens is 414 g/mol. The largest absolute Gasteiger partial charge is 0.493 e. The highest BCUT2D eigenvalue weighted by molar-refractivity contribution is 9.10. The number of halogens is 1. The predicted octanol–water partition coefficient (Wildman–Crippen LogP) is 5.74. The molecule has 0 N–H and O–H groups in total. The van der Waals surface area contributed by atoms with E-state index in [2.05, 4.69) is 34.5 Å². The van der Waals surface area contributed by atoms with E-state index in [-0.39, 0.29) is 5.78 Å². The molecule has 4 heteroatoms. The number of carbonyl (C=O) groups is 1. The number of likely N-dealkylation sites (N-methyl/N-ethyl adjacent to an activating group) is 1. The third-order valence-electron chi connectivity index (χ3n) is 4.99. The van der Waals surface area contributed by atoms with Crippen molar-refractivity contribution in [1.29, 1.82) is 0 Å². The highest BCUT2D eigenvalue weighted by atomic mass is 79.9. The Kier molecular flexibility index (Phi) is 7.46. The normalized spacial score (nSPS) is 15.5. The van der Waals surface area contributed by atoms with Gasteiger partial charge in [-0.2, -0.15) is 0 Å². The lowest BCUT2D eigenvalue weighted by Crippen LogP contribution is -2.19. The zero-order valence-corrected chi connectivity index (χ0v) is 18.0. The Morgan fingerprint density at radius 1 is 1.07 bits per heavy atom. The van der Waals surface area contributed by atoms with Crippen molar-refractivity contribution in [3.63, 3.8) is 0 Å². The molecular formula is C24H28BrNO2. The van der Waals surface area contributed by atoms with E-state index < -0.39 is 0 Å². The standard InChI is InChI=1S/C17H15BrO2.C7H13N/c18-15-7-3-13(4-8-15)17(19)14-5-9-16(10-6-14)20-11-12-1-2-12;1-3-6-8(2)7-4-5-7/h3-10,12H,1-2,11H2;3,7H,1,4-6H2,2H3. The summed E-state index contributed by atoms with van der Waals surface area (Å²) in [6.45, 7) is 5.51. The molecule has 0 atom stereocenters. The lowest BCUT2D eigenvalue weighted by Gasteiger charge is -2.10. The van der Waals surface area contributed by atoms with Crippen molar-refractivity contribution in [2.75, 3.05) is 20.2 Å². The number of ketones is 1. The fraction of sp³-hybridized carbons (Fsp3) is 0.375. The second-order valence-corrected chi connectivity index (χ2v) is 8.49. The number of carbonyl (C=O) groups excluding carboxylic acids is 1. The Hall–Kier alpha value is -1.91. The summed E-state index contributed by atoms with van der Waals surface area (Å²) in [4.78, 5) is 14.6. The molecule has 0 aromatic heterocycles. The Balaban J connectivity index is 0.000000236. The Bertz CT molecular complexity index is 777. The number of benzene rings is 2. The molecule has 0 unspecified atom stereocenters. The highest BCUT2D eigenvalue weighted by Crippen LogP contribution is 2.29. The van der Waals surface area contributed by atoms with Crippen LogP contribution in [0.3, 0.4) is 0 Å². The maximum atomic E-state index is 12.3. The fourth-order valence-electron chi connectivity index (χ4n) is 2.84. The van der Waals surface area contributed by atoms with E-state index in [4.69, 9.17) is 4.74 Å². The first-order valence-corrected chi connectivity index (χ1v) is 10.7. The number of nitrogens with zero attached hydrogens (tertiary/aromatic N) is 1. The van der Waals surface area contributed by atoms with E-state index in [1.165, 1.54) is 25.7 Å². The molecule has 2 fully saturated rings. The van der Waals surface area contributed by atoms with Crippen LogP contribution < -0.4 is 4.74 Å². The van der Waals surface area contributed by atoms with Crippen LogP contribution in [-0.2, 0) is 0 Å². The van der Waals surface area contributed by atoms with Crippen LogP contribution in [0.2, 0.25) is 0 Å². The van der Waals surface area contributed by atoms with Crippen LogP contribution in [-0.4, -0.2) is 36.9 Å². The van der Waals surface area contributed by atoms with Gasteiger partial charge in [0.1, 0.15) is 5.75 Å². The zero-order valence-electron chi connectivity index (χ0n) is 16.4. The lowest BCUT2D eigenvalue weighted by atomic mass is 10.0. The summed E-state index contributed by atoms with van der Waals surface area (Å²) in [5.74, 6) is 1.61. The average molecular weight is 442 g/mol. The molecule has 28 heavy (non-hydrogen) atoms. The van der Waals surface area contributed by atoms with Gasteiger partial charge in [-0.1, -0.05) is 22.0 Å². The zero-order chi connectivity index (χ0) is 19.9. The van der Waals surface area contributed by atoms with Gasteiger partial charge in [-0.15, -0.1) is 6.58 Å². The van der Waals surface area contributed by atoms with Crippen molar-refractivity contribution in [2.24, 2.45) is 5.92 Å². The van der Waals surface area contributed by atoms with Gasteiger partial charge in [0.05, 0.1) is 6.61 Å². The Morgan fingerprint density at radius 3 is 2.14 bits per heavy atom. The van der Waals surface area contributed by atoms with Crippen LogP contribution in [0, 0.1) is 5.92 Å². The lowest BCUT2D eigenvalue weighted by molar-refractivity contribution is 0.103. The molecule has 148 valence electrons. The summed E-state index contributed by atoms with van der Waals surface area (Å²) in [5, 5.41) is 0. The maximum Gasteiger partial charge on any atom is 0.193 e. The molecule has 2 aromatic rings. The Morgan fingerprint density at radius 2 is 1.64 bits per heavy atom. The first-order chi connectivity index (χ1) is 13.6. The molecule has 2 saturated carbocycles. The van der Waals surface area contributed by atoms with Gasteiger partial charge in [-0.05, 0) is 87.2 Å². The minimum absolute atomic E-state index is 0.0336. The topological polar surface area (TPSA) is 29.5 Å². The molecule has 0 radical (unpaired) electrons. The van der Waals surface area contributed by atoms with Crippen LogP contribution in [0.1, 0.15) is 41.6 Å². The minimum atomic E-state index is 0.0336. The van der Waals surface area contributed by atoms with Gasteiger partial charge in [0, 0.05) is 28.2 Å². The molecule has 2 aromatic carbocycles. The first kappa shape index (κ1) is 20.8. The van der Waals surface area contributed by atoms with Crippen LogP contribution >= 0.6 is 15.9 Å². The number of hydrogen-bond donors (Lipinski definition) is 0. The molecule has 3 nitrogen and oxygen atoms in total. The molecule has 2 aliphatic carbocycles. The van der Waals surface area contributed by atoms with Crippen LogP contribution in [0.25, 0.3) is 0 Å². The predicted molar refractivity (Wildman–Crippen MR) is 118 cm³/mol. The molecule has 0 amide bonds. The Labute approximate surface area is 176 Å². The summed E-state index contributed by atoms with van der Waals surface area (Å²) in [6, 6.07) is 15.7. The van der Waals surface area contributed by atoms with Crippen molar-refractivity contribution >= 4 is 21.7 Å². The summed E-state index contributed by atoms with van der Waals surface area (Å²) >= 11 is 3.37. The van der Waals surface area contributed by atoms with E-state index in [9.17, 15) is 4.79 Å². The monoisotopic (exact) mass is 441 g/mol. The van der Waals surface area contributed by atoms with E-state index in [1.807, 2.05) is 54.6 Å². The first-order valence-electron chi connectivity index (χ1n) is 9.91. The van der Waals surface area contributed by atoms with E-state index in [0.717, 1.165) is 35.3 Å². The average Bonchev–Trinajstić information content (AvgIpc) is 3.61. The molecule has 4 rings (SSSR count). The molecule has 0 bridgehead atoms. The quantitative estimate of drug-likeness (QED) is 0.386. The van der Waals surface area contributed by atoms with Crippen LogP contribution in [0.15, 0.2) is 65.7 Å². The van der Waals surface area contributed by atoms with Gasteiger partial charge >= 0.3 is 0 Å². The van der Waals surface area contributed by atoms with Crippen molar-refractivity contribution in [2.45, 2.75) is 31.7 Å². The van der Waals surface area contributed by atoms with Crippen molar-refractivity contribution < 1.29 is 9.53 Å². The third kappa shape index (κ3) is 6.61. The number of rotatable bonds is 8. The van der Waals surface area contributed by atoms with Gasteiger partial charge in [0.2, 0.25) is 0 Å². The summed E-state index contributed by atoms with van der Waals surface area (Å²) in [5.41, 5.74) is 1.38. The molecule has 0 heterocycles. The van der Waals surface area contributed by atoms with Gasteiger partial charge in [-0.25, -0.2) is 0 Å². The highest BCUT2D eigenvalue weighted by Gasteiger charge is 2.24. The van der Waals surface area contributed by atoms with Crippen LogP contribution in [0.4, 0.5) is 0 Å². The van der Waals surface area contributed by atoms with E-state index in [1.54, 1.807) is 0 Å². The van der Waals surface area contributed by atoms with Gasteiger partial charge < -0.3 is 4.74 Å². The van der Waals surface area contributed by atoms with Gasteiger partial charge in [0.25, 0.3) is 0 Å². The van der Waals surface area contributed by atoms with E-state index in [0.29, 0.717) is 11.1 Å². The summed E-state index contributed by atoms with van der Waals surface area (Å²) < 4.78 is 6.64. The number of hydrogen-bond acceptors (Lipinski definition) is 3. The SMILES string of the molecule is C=CCN(C)C1CC1.O=C(c1ccc(Br)cc1)c1ccc(OCC2CC2)cc1. The molecule has 0 spiro atoms. The maximum absolute atomic E-state index is 12.3. The van der Waals surface area contributed by atoms with Crippen LogP contribution in [0.5, 0.6) is 5.75 Å². The van der Waals surface area contributed by atoms with E-state index >= 15 is 0 Å². The summed E-state index contributed by atoms with van der Waals surface area (Å²) in [6.07, 6.45) is 7.30. The van der Waals surface area contributed by atoms with Crippen molar-refractivity contribution in [3.8, 4) is 5.75 Å². The molecule has 0 saturated heterocycles. The summed E-state index contributed by atoms with van der Waals surface area (Å²) in [7, 11) is 2.15. The van der Waals surface area contributed by atoms with Crippen molar-refractivity contribution in [3.05, 3.63) is 76.8 Å². The third-order valence-corrected chi connectivity index (χ3v) is 5.52. The van der Waals surface area contributed by atoms with Gasteiger partial charge in [-0.3, -0.25) is 9.69 Å². The van der Waals surface area contributed by atoms with Gasteiger partial charge in [0.15, 0.2) is 5.78 Å². The second kappa shape index (κ2) is 10.0. The molecule has 2 aliphatic rings. The smallest absolute Gasteiger partial charge is 0.193 e. The second-order valence-electron chi connectivity index (χ2n) is 7.57. The minimum Gasteiger partial charge on any atom is -0.493 e. The van der Waals surface area contributed by atoms with Crippen molar-refractivity contribution in [1.82, 2.24) is 4.90 Å².